The van der Waals surface area contributed by atoms with E-state index < -0.39 is 0 Å². The van der Waals surface area contributed by atoms with Crippen molar-refractivity contribution in [1.29, 1.82) is 0 Å². The summed E-state index contributed by atoms with van der Waals surface area (Å²) in [5.74, 6) is 0.120. The fourth-order valence-corrected chi connectivity index (χ4v) is 3.77. The smallest absolute Gasteiger partial charge is 0.265 e. The highest BCUT2D eigenvalue weighted by Gasteiger charge is 2.15. The molecule has 5 heteroatoms. The number of hydrogen-bond donors (Lipinski definition) is 0. The molecule has 3 aromatic heterocycles. The van der Waals surface area contributed by atoms with Gasteiger partial charge in [-0.2, -0.15) is 4.98 Å². The second-order valence-corrected chi connectivity index (χ2v) is 7.46. The molecule has 1 aromatic carbocycles. The van der Waals surface area contributed by atoms with Crippen molar-refractivity contribution in [2.75, 3.05) is 0 Å². The van der Waals surface area contributed by atoms with E-state index in [-0.39, 0.29) is 11.7 Å². The number of pyridine rings is 1. The third kappa shape index (κ3) is 4.31. The Morgan fingerprint density at radius 1 is 1.04 bits per heavy atom. The van der Waals surface area contributed by atoms with Crippen LogP contribution in [0.1, 0.15) is 41.9 Å². The van der Waals surface area contributed by atoms with Gasteiger partial charge in [0.2, 0.25) is 5.78 Å². The van der Waals surface area contributed by atoms with Gasteiger partial charge in [0.15, 0.2) is 11.2 Å². The molecular weight excluding hydrogens is 356 g/mol. The summed E-state index contributed by atoms with van der Waals surface area (Å²) >= 11 is 1.64. The largest absolute Gasteiger partial charge is 0.432 e. The predicted octanol–water partition coefficient (Wildman–Crippen LogP) is 5.94. The van der Waals surface area contributed by atoms with Crippen LogP contribution in [0.3, 0.4) is 0 Å². The van der Waals surface area contributed by atoms with Gasteiger partial charge in [-0.25, -0.2) is 4.98 Å². The Bertz CT molecular complexity index is 1020. The van der Waals surface area contributed by atoms with E-state index in [0.29, 0.717) is 17.7 Å². The molecule has 136 valence electrons. The van der Waals surface area contributed by atoms with Crippen LogP contribution in [-0.4, -0.2) is 15.8 Å². The van der Waals surface area contributed by atoms with E-state index in [9.17, 15) is 4.79 Å². The fourth-order valence-electron chi connectivity index (χ4n) is 3.06. The molecule has 4 nitrogen and oxygen atoms in total. The van der Waals surface area contributed by atoms with E-state index in [2.05, 4.69) is 34.2 Å². The molecular formula is C22H20N2O2S. The van der Waals surface area contributed by atoms with Gasteiger partial charge in [-0.05, 0) is 42.3 Å². The van der Waals surface area contributed by atoms with E-state index in [1.807, 2.05) is 29.6 Å². The fraction of sp³-hybridized carbons (Fsp3) is 0.227. The Labute approximate surface area is 161 Å². The third-order valence-electron chi connectivity index (χ3n) is 4.50. The standard InChI is InChI=1S/C22H20N2O2S/c25-18(11-6-2-5-10-16-8-3-1-4-9-16)22-24-21-19(26-22)14-17(15-23-21)20-12-7-13-27-20/h1,3-4,7-9,12-15H,2,5-6,10-11H2. The summed E-state index contributed by atoms with van der Waals surface area (Å²) in [5.41, 5.74) is 3.38. The lowest BCUT2D eigenvalue weighted by molar-refractivity contribution is 0.0947. The van der Waals surface area contributed by atoms with Crippen LogP contribution < -0.4 is 0 Å². The zero-order valence-corrected chi connectivity index (χ0v) is 15.7. The predicted molar refractivity (Wildman–Crippen MR) is 108 cm³/mol. The van der Waals surface area contributed by atoms with Gasteiger partial charge in [-0.1, -0.05) is 42.8 Å². The number of fused-ring (bicyclic) bond motifs is 1. The van der Waals surface area contributed by atoms with E-state index in [1.165, 1.54) is 5.56 Å². The van der Waals surface area contributed by atoms with Gasteiger partial charge in [-0.3, -0.25) is 4.79 Å². The Balaban J connectivity index is 1.32. The lowest BCUT2D eigenvalue weighted by atomic mass is 10.1. The molecule has 0 aliphatic rings. The number of rotatable bonds is 8. The van der Waals surface area contributed by atoms with Gasteiger partial charge >= 0.3 is 0 Å². The van der Waals surface area contributed by atoms with Gasteiger partial charge < -0.3 is 4.42 Å². The Hall–Kier alpha value is -2.79. The number of thiophene rings is 1. The molecule has 0 radical (unpaired) electrons. The van der Waals surface area contributed by atoms with Crippen molar-refractivity contribution in [3.63, 3.8) is 0 Å². The monoisotopic (exact) mass is 376 g/mol. The topological polar surface area (TPSA) is 56.0 Å². The van der Waals surface area contributed by atoms with Crippen LogP contribution in [-0.2, 0) is 6.42 Å². The van der Waals surface area contributed by atoms with Crippen LogP contribution in [0.4, 0.5) is 0 Å². The molecule has 0 amide bonds. The van der Waals surface area contributed by atoms with Gasteiger partial charge in [0.05, 0.1) is 0 Å². The number of benzene rings is 1. The molecule has 0 spiro atoms. The molecule has 0 saturated carbocycles. The summed E-state index contributed by atoms with van der Waals surface area (Å²) in [4.78, 5) is 22.1. The number of aryl methyl sites for hydroxylation is 1. The summed E-state index contributed by atoms with van der Waals surface area (Å²) in [6.07, 6.45) is 6.22. The molecule has 0 atom stereocenters. The number of carbonyl (C=O) groups is 1. The highest BCUT2D eigenvalue weighted by atomic mass is 32.1. The highest BCUT2D eigenvalue weighted by molar-refractivity contribution is 7.13. The number of carbonyl (C=O) groups excluding carboxylic acids is 1. The summed E-state index contributed by atoms with van der Waals surface area (Å²) in [6, 6.07) is 16.4. The SMILES string of the molecule is O=C(CCCCCc1ccccc1)c1nc2ncc(-c3cccs3)cc2o1. The normalized spacial score (nSPS) is 11.1. The molecule has 0 saturated heterocycles. The first-order chi connectivity index (χ1) is 13.3. The number of oxazole rings is 1. The van der Waals surface area contributed by atoms with Crippen LogP contribution in [0.2, 0.25) is 0 Å². The molecule has 3 heterocycles. The molecule has 0 unspecified atom stereocenters. The van der Waals surface area contributed by atoms with E-state index in [4.69, 9.17) is 4.42 Å². The van der Waals surface area contributed by atoms with Gasteiger partial charge in [0.1, 0.15) is 0 Å². The maximum Gasteiger partial charge on any atom is 0.265 e. The van der Waals surface area contributed by atoms with Crippen LogP contribution in [0.5, 0.6) is 0 Å². The van der Waals surface area contributed by atoms with Crippen molar-refractivity contribution in [3.8, 4) is 10.4 Å². The second kappa shape index (κ2) is 8.27. The average molecular weight is 376 g/mol. The van der Waals surface area contributed by atoms with Gasteiger partial charge in [0, 0.05) is 23.1 Å². The van der Waals surface area contributed by atoms with Crippen molar-refractivity contribution in [3.05, 3.63) is 71.6 Å². The van der Waals surface area contributed by atoms with E-state index >= 15 is 0 Å². The Kier molecular flexibility index (Phi) is 5.39. The zero-order valence-electron chi connectivity index (χ0n) is 14.9. The number of nitrogens with zero attached hydrogens (tertiary/aromatic N) is 2. The highest BCUT2D eigenvalue weighted by Crippen LogP contribution is 2.27. The van der Waals surface area contributed by atoms with Crippen molar-refractivity contribution in [2.24, 2.45) is 0 Å². The molecule has 0 aliphatic carbocycles. The minimum atomic E-state index is -0.0506. The molecule has 0 fully saturated rings. The minimum Gasteiger partial charge on any atom is -0.432 e. The summed E-state index contributed by atoms with van der Waals surface area (Å²) in [6.45, 7) is 0. The van der Waals surface area contributed by atoms with Crippen LogP contribution in [0.15, 0.2) is 64.5 Å². The second-order valence-electron chi connectivity index (χ2n) is 6.51. The maximum atomic E-state index is 12.4. The zero-order chi connectivity index (χ0) is 18.5. The van der Waals surface area contributed by atoms with E-state index in [1.54, 1.807) is 17.5 Å². The quantitative estimate of drug-likeness (QED) is 0.282. The Morgan fingerprint density at radius 3 is 2.74 bits per heavy atom. The molecule has 0 bridgehead atoms. The molecule has 0 N–H and O–H groups in total. The molecule has 27 heavy (non-hydrogen) atoms. The number of unbranched alkanes of at least 4 members (excludes halogenated alkanes) is 2. The van der Waals surface area contributed by atoms with Crippen molar-refractivity contribution in [2.45, 2.75) is 32.1 Å². The van der Waals surface area contributed by atoms with Crippen molar-refractivity contribution < 1.29 is 9.21 Å². The first-order valence-electron chi connectivity index (χ1n) is 9.17. The molecule has 0 aliphatic heterocycles. The van der Waals surface area contributed by atoms with Gasteiger partial charge in [-0.15, -0.1) is 11.3 Å². The first kappa shape index (κ1) is 17.6. The molecule has 4 aromatic rings. The minimum absolute atomic E-state index is 0.0506. The average Bonchev–Trinajstić information content (AvgIpc) is 3.37. The van der Waals surface area contributed by atoms with Crippen LogP contribution in [0.25, 0.3) is 21.7 Å². The first-order valence-corrected chi connectivity index (χ1v) is 10.1. The van der Waals surface area contributed by atoms with E-state index in [0.717, 1.165) is 36.1 Å². The van der Waals surface area contributed by atoms with Crippen LogP contribution >= 0.6 is 11.3 Å². The lowest BCUT2D eigenvalue weighted by Crippen LogP contribution is -1.99. The number of Topliss-reactive ketones (excluding diaryl/α,β-unsaturated/α-hetero) is 1. The van der Waals surface area contributed by atoms with Crippen molar-refractivity contribution >= 4 is 28.4 Å². The number of ketones is 1. The molecule has 4 rings (SSSR count). The van der Waals surface area contributed by atoms with Gasteiger partial charge in [0.25, 0.3) is 5.89 Å². The van der Waals surface area contributed by atoms with Crippen molar-refractivity contribution in [1.82, 2.24) is 9.97 Å². The summed E-state index contributed by atoms with van der Waals surface area (Å²) in [5, 5.41) is 2.02. The third-order valence-corrected chi connectivity index (χ3v) is 5.42. The summed E-state index contributed by atoms with van der Waals surface area (Å²) < 4.78 is 5.68. The van der Waals surface area contributed by atoms with Crippen LogP contribution in [0, 0.1) is 0 Å². The number of hydrogen-bond acceptors (Lipinski definition) is 5. The summed E-state index contributed by atoms with van der Waals surface area (Å²) in [7, 11) is 0. The Morgan fingerprint density at radius 2 is 1.93 bits per heavy atom. The lowest BCUT2D eigenvalue weighted by Gasteiger charge is -2.00. The number of aromatic nitrogens is 2. The maximum absolute atomic E-state index is 12.4.